The Bertz CT molecular complexity index is 732. The number of ketones is 1. The van der Waals surface area contributed by atoms with Crippen LogP contribution >= 0.6 is 0 Å². The van der Waals surface area contributed by atoms with Crippen molar-refractivity contribution in [3.8, 4) is 5.75 Å². The first-order valence-electron chi connectivity index (χ1n) is 6.66. The van der Waals surface area contributed by atoms with Crippen molar-refractivity contribution in [3.63, 3.8) is 0 Å². The molecule has 1 aromatic carbocycles. The van der Waals surface area contributed by atoms with E-state index in [9.17, 15) is 9.59 Å². The standard InChI is InChI=1S/C16H17N3O3/c1-11(20)18-14-8-13(5-7-16(14)22-3)15(21)6-4-12-9-17-19(2)10-12/h4-10H,1-3H3,(H,18,20)/b6-4+. The van der Waals surface area contributed by atoms with Gasteiger partial charge in [0.25, 0.3) is 0 Å². The number of methoxy groups -OCH3 is 1. The van der Waals surface area contributed by atoms with Gasteiger partial charge in [0, 0.05) is 31.3 Å². The smallest absolute Gasteiger partial charge is 0.221 e. The highest BCUT2D eigenvalue weighted by Crippen LogP contribution is 2.25. The van der Waals surface area contributed by atoms with Crippen LogP contribution in [-0.4, -0.2) is 28.6 Å². The fourth-order valence-electron chi connectivity index (χ4n) is 1.94. The lowest BCUT2D eigenvalue weighted by atomic mass is 10.1. The maximum Gasteiger partial charge on any atom is 0.221 e. The number of hydrogen-bond donors (Lipinski definition) is 1. The Balaban J connectivity index is 2.22. The zero-order valence-corrected chi connectivity index (χ0v) is 12.7. The molecule has 22 heavy (non-hydrogen) atoms. The van der Waals surface area contributed by atoms with Gasteiger partial charge in [0.1, 0.15) is 5.75 Å². The highest BCUT2D eigenvalue weighted by molar-refractivity contribution is 6.08. The second-order valence-corrected chi connectivity index (χ2v) is 4.74. The molecule has 0 fully saturated rings. The van der Waals surface area contributed by atoms with E-state index in [0.29, 0.717) is 17.0 Å². The molecule has 0 aliphatic rings. The molecule has 0 saturated heterocycles. The SMILES string of the molecule is COc1ccc(C(=O)/C=C/c2cnn(C)c2)cc1NC(C)=O. The zero-order valence-electron chi connectivity index (χ0n) is 12.7. The molecule has 1 N–H and O–H groups in total. The molecule has 114 valence electrons. The van der Waals surface area contributed by atoms with Gasteiger partial charge in [-0.05, 0) is 30.4 Å². The van der Waals surface area contributed by atoms with Crippen LogP contribution in [0.3, 0.4) is 0 Å². The molecular weight excluding hydrogens is 282 g/mol. The molecule has 1 amide bonds. The zero-order chi connectivity index (χ0) is 16.1. The first kappa shape index (κ1) is 15.5. The summed E-state index contributed by atoms with van der Waals surface area (Å²) in [6, 6.07) is 4.90. The average molecular weight is 299 g/mol. The van der Waals surface area contributed by atoms with Crippen molar-refractivity contribution in [1.29, 1.82) is 0 Å². The van der Waals surface area contributed by atoms with Crippen molar-refractivity contribution in [2.75, 3.05) is 12.4 Å². The predicted molar refractivity (Wildman–Crippen MR) is 83.9 cm³/mol. The van der Waals surface area contributed by atoms with Gasteiger partial charge < -0.3 is 10.1 Å². The maximum absolute atomic E-state index is 12.2. The first-order valence-corrected chi connectivity index (χ1v) is 6.66. The van der Waals surface area contributed by atoms with Gasteiger partial charge in [-0.15, -0.1) is 0 Å². The van der Waals surface area contributed by atoms with Crippen molar-refractivity contribution in [2.45, 2.75) is 6.92 Å². The van der Waals surface area contributed by atoms with Crippen molar-refractivity contribution < 1.29 is 14.3 Å². The molecule has 6 heteroatoms. The largest absolute Gasteiger partial charge is 0.495 e. The second kappa shape index (κ2) is 6.71. The fourth-order valence-corrected chi connectivity index (χ4v) is 1.94. The summed E-state index contributed by atoms with van der Waals surface area (Å²) in [5, 5.41) is 6.67. The molecule has 0 atom stereocenters. The number of hydrogen-bond acceptors (Lipinski definition) is 4. The molecule has 2 rings (SSSR count). The highest BCUT2D eigenvalue weighted by Gasteiger charge is 2.09. The van der Waals surface area contributed by atoms with Crippen molar-refractivity contribution in [2.24, 2.45) is 7.05 Å². The molecule has 2 aromatic rings. The molecule has 6 nitrogen and oxygen atoms in total. The van der Waals surface area contributed by atoms with Gasteiger partial charge in [0.15, 0.2) is 5.78 Å². The van der Waals surface area contributed by atoms with Gasteiger partial charge in [0.05, 0.1) is 19.0 Å². The third-order valence-electron chi connectivity index (χ3n) is 2.95. The van der Waals surface area contributed by atoms with Crippen LogP contribution in [0.25, 0.3) is 6.08 Å². The summed E-state index contributed by atoms with van der Waals surface area (Å²) in [7, 11) is 3.31. The topological polar surface area (TPSA) is 73.2 Å². The van der Waals surface area contributed by atoms with Gasteiger partial charge in [-0.1, -0.05) is 0 Å². The molecular formula is C16H17N3O3. The molecule has 0 unspecified atom stereocenters. The third kappa shape index (κ3) is 3.82. The van der Waals surface area contributed by atoms with Crippen LogP contribution in [0, 0.1) is 0 Å². The highest BCUT2D eigenvalue weighted by atomic mass is 16.5. The summed E-state index contributed by atoms with van der Waals surface area (Å²) in [5.74, 6) is 0.106. The summed E-state index contributed by atoms with van der Waals surface area (Å²) in [6.45, 7) is 1.40. The minimum Gasteiger partial charge on any atom is -0.495 e. The predicted octanol–water partition coefficient (Wildman–Crippen LogP) is 2.28. The lowest BCUT2D eigenvalue weighted by Crippen LogP contribution is -2.08. The molecule has 0 radical (unpaired) electrons. The number of carbonyl (C=O) groups is 2. The van der Waals surface area contributed by atoms with Crippen LogP contribution in [0.1, 0.15) is 22.8 Å². The van der Waals surface area contributed by atoms with Crippen LogP contribution in [-0.2, 0) is 11.8 Å². The monoisotopic (exact) mass is 299 g/mol. The van der Waals surface area contributed by atoms with Gasteiger partial charge in [0.2, 0.25) is 5.91 Å². The number of nitrogens with zero attached hydrogens (tertiary/aromatic N) is 2. The number of ether oxygens (including phenoxy) is 1. The summed E-state index contributed by atoms with van der Waals surface area (Å²) in [5.41, 5.74) is 1.77. The molecule has 1 heterocycles. The molecule has 0 aliphatic carbocycles. The van der Waals surface area contributed by atoms with Gasteiger partial charge in [-0.2, -0.15) is 5.10 Å². The van der Waals surface area contributed by atoms with Gasteiger partial charge in [-0.3, -0.25) is 14.3 Å². The number of amides is 1. The maximum atomic E-state index is 12.2. The van der Waals surface area contributed by atoms with Crippen molar-refractivity contribution in [1.82, 2.24) is 9.78 Å². The third-order valence-corrected chi connectivity index (χ3v) is 2.95. The van der Waals surface area contributed by atoms with E-state index in [0.717, 1.165) is 5.56 Å². The summed E-state index contributed by atoms with van der Waals surface area (Å²) < 4.78 is 6.82. The van der Waals surface area contributed by atoms with Crippen molar-refractivity contribution >= 4 is 23.5 Å². The number of allylic oxidation sites excluding steroid dienone is 1. The number of aryl methyl sites for hydroxylation is 1. The lowest BCUT2D eigenvalue weighted by Gasteiger charge is -2.09. The Morgan fingerprint density at radius 2 is 2.14 bits per heavy atom. The molecule has 0 spiro atoms. The van der Waals surface area contributed by atoms with Crippen LogP contribution in [0.5, 0.6) is 5.75 Å². The van der Waals surface area contributed by atoms with E-state index in [1.165, 1.54) is 20.1 Å². The first-order chi connectivity index (χ1) is 10.5. The van der Waals surface area contributed by atoms with Crippen molar-refractivity contribution in [3.05, 3.63) is 47.8 Å². The van der Waals surface area contributed by atoms with E-state index >= 15 is 0 Å². The Morgan fingerprint density at radius 3 is 2.73 bits per heavy atom. The number of anilines is 1. The molecule has 0 bridgehead atoms. The summed E-state index contributed by atoms with van der Waals surface area (Å²) >= 11 is 0. The van der Waals surface area contributed by atoms with E-state index in [-0.39, 0.29) is 11.7 Å². The Labute approximate surface area is 128 Å². The average Bonchev–Trinajstić information content (AvgIpc) is 2.89. The van der Waals surface area contributed by atoms with E-state index in [4.69, 9.17) is 4.74 Å². The quantitative estimate of drug-likeness (QED) is 0.679. The van der Waals surface area contributed by atoms with E-state index in [2.05, 4.69) is 10.4 Å². The normalized spacial score (nSPS) is 10.7. The minimum absolute atomic E-state index is 0.168. The number of aromatic nitrogens is 2. The van der Waals surface area contributed by atoms with Crippen LogP contribution in [0.2, 0.25) is 0 Å². The van der Waals surface area contributed by atoms with Gasteiger partial charge in [-0.25, -0.2) is 0 Å². The Kier molecular flexibility index (Phi) is 4.73. The van der Waals surface area contributed by atoms with E-state index in [1.54, 1.807) is 41.4 Å². The minimum atomic E-state index is -0.228. The van der Waals surface area contributed by atoms with E-state index in [1.807, 2.05) is 7.05 Å². The Hall–Kier alpha value is -2.89. The van der Waals surface area contributed by atoms with Crippen LogP contribution < -0.4 is 10.1 Å². The lowest BCUT2D eigenvalue weighted by molar-refractivity contribution is -0.114. The molecule has 0 aliphatic heterocycles. The van der Waals surface area contributed by atoms with Gasteiger partial charge >= 0.3 is 0 Å². The Morgan fingerprint density at radius 1 is 1.36 bits per heavy atom. The molecule has 1 aromatic heterocycles. The fraction of sp³-hybridized carbons (Fsp3) is 0.188. The number of nitrogens with one attached hydrogen (secondary N) is 1. The van der Waals surface area contributed by atoms with Crippen LogP contribution in [0.15, 0.2) is 36.7 Å². The summed E-state index contributed by atoms with van der Waals surface area (Å²) in [6.07, 6.45) is 6.63. The second-order valence-electron chi connectivity index (χ2n) is 4.74. The number of rotatable bonds is 5. The summed E-state index contributed by atoms with van der Waals surface area (Å²) in [4.78, 5) is 23.4. The number of benzene rings is 1. The van der Waals surface area contributed by atoms with E-state index < -0.39 is 0 Å². The molecule has 0 saturated carbocycles. The number of carbonyl (C=O) groups excluding carboxylic acids is 2. The van der Waals surface area contributed by atoms with Crippen LogP contribution in [0.4, 0.5) is 5.69 Å².